The molecule has 0 radical (unpaired) electrons. The third-order valence-electron chi connectivity index (χ3n) is 5.78. The van der Waals surface area contributed by atoms with Crippen molar-refractivity contribution in [2.75, 3.05) is 19.1 Å². The minimum Gasteiger partial charge on any atom is -0.492 e. The molecule has 0 spiro atoms. The number of nitrogens with zero attached hydrogens (tertiary/aromatic N) is 3. The summed E-state index contributed by atoms with van der Waals surface area (Å²) in [7, 11) is 0. The normalized spacial score (nSPS) is 13.5. The molecule has 1 heterocycles. The standard InChI is InChI=1S/C25H30ClI2N3O4/c1-16(11-26)14-35-23-9-6-18(10-21(23)27)25(2,3)17-4-7-20(8-5-17)34-15-19(33)12-31-22(13-32)24(28)29-30-31/h4-10,16,19,32-33H,11-15H2,1-3H3/t16-,19+/m0/s1. The zero-order chi connectivity index (χ0) is 25.6. The number of ether oxygens (including phenoxy) is 2. The second-order valence-corrected chi connectivity index (χ2v) is 11.5. The van der Waals surface area contributed by atoms with E-state index < -0.39 is 6.10 Å². The maximum atomic E-state index is 10.3. The fourth-order valence-corrected chi connectivity index (χ4v) is 4.77. The average molecular weight is 726 g/mol. The van der Waals surface area contributed by atoms with Crippen molar-refractivity contribution < 1.29 is 19.7 Å². The Morgan fingerprint density at radius 2 is 1.74 bits per heavy atom. The lowest BCUT2D eigenvalue weighted by Gasteiger charge is -2.27. The van der Waals surface area contributed by atoms with Crippen LogP contribution in [-0.4, -0.2) is 50.4 Å². The highest BCUT2D eigenvalue weighted by Gasteiger charge is 2.24. The number of hydrogen-bond acceptors (Lipinski definition) is 6. The fraction of sp³-hybridized carbons (Fsp3) is 0.440. The van der Waals surface area contributed by atoms with E-state index in [4.69, 9.17) is 21.1 Å². The lowest BCUT2D eigenvalue weighted by Crippen LogP contribution is -2.25. The van der Waals surface area contributed by atoms with Gasteiger partial charge in [-0.2, -0.15) is 0 Å². The van der Waals surface area contributed by atoms with Gasteiger partial charge in [-0.05, 0) is 80.6 Å². The zero-order valence-electron chi connectivity index (χ0n) is 19.9. The lowest BCUT2D eigenvalue weighted by molar-refractivity contribution is 0.0866. The number of hydrogen-bond donors (Lipinski definition) is 2. The van der Waals surface area contributed by atoms with Crippen molar-refractivity contribution in [3.63, 3.8) is 0 Å². The molecule has 0 bridgehead atoms. The highest BCUT2D eigenvalue weighted by atomic mass is 127. The molecule has 35 heavy (non-hydrogen) atoms. The molecule has 2 aromatic carbocycles. The third-order valence-corrected chi connectivity index (χ3v) is 7.99. The van der Waals surface area contributed by atoms with Crippen molar-refractivity contribution in [2.24, 2.45) is 5.92 Å². The van der Waals surface area contributed by atoms with Gasteiger partial charge in [-0.25, -0.2) is 4.68 Å². The van der Waals surface area contributed by atoms with Crippen LogP contribution in [-0.2, 0) is 18.6 Å². The smallest absolute Gasteiger partial charge is 0.149 e. The van der Waals surface area contributed by atoms with Crippen LogP contribution >= 0.6 is 56.8 Å². The largest absolute Gasteiger partial charge is 0.492 e. The van der Waals surface area contributed by atoms with Gasteiger partial charge in [-0.15, -0.1) is 16.7 Å². The summed E-state index contributed by atoms with van der Waals surface area (Å²) >= 11 is 10.2. The van der Waals surface area contributed by atoms with E-state index in [9.17, 15) is 10.2 Å². The van der Waals surface area contributed by atoms with Gasteiger partial charge < -0.3 is 19.7 Å². The lowest BCUT2D eigenvalue weighted by atomic mass is 9.78. The molecule has 0 fully saturated rings. The number of halogens is 3. The molecule has 0 aliphatic heterocycles. The van der Waals surface area contributed by atoms with Crippen molar-refractivity contribution >= 4 is 56.8 Å². The molecule has 3 aromatic rings. The molecule has 0 unspecified atom stereocenters. The highest BCUT2D eigenvalue weighted by molar-refractivity contribution is 14.1. The minimum atomic E-state index is -0.788. The molecule has 3 rings (SSSR count). The maximum absolute atomic E-state index is 10.3. The van der Waals surface area contributed by atoms with Gasteiger partial charge in [0, 0.05) is 17.2 Å². The number of rotatable bonds is 12. The number of alkyl halides is 1. The van der Waals surface area contributed by atoms with E-state index in [0.717, 1.165) is 14.9 Å². The maximum Gasteiger partial charge on any atom is 0.149 e. The Kier molecular flexibility index (Phi) is 10.5. The van der Waals surface area contributed by atoms with Crippen LogP contribution in [0.1, 0.15) is 37.6 Å². The molecular formula is C25H30ClI2N3O4. The minimum absolute atomic E-state index is 0.103. The van der Waals surface area contributed by atoms with Crippen molar-refractivity contribution in [2.45, 2.75) is 45.4 Å². The summed E-state index contributed by atoms with van der Waals surface area (Å²) in [6.45, 7) is 7.15. The van der Waals surface area contributed by atoms with Crippen molar-refractivity contribution in [3.8, 4) is 11.5 Å². The van der Waals surface area contributed by atoms with Gasteiger partial charge in [-0.1, -0.05) is 44.2 Å². The van der Waals surface area contributed by atoms with Gasteiger partial charge in [-0.3, -0.25) is 0 Å². The molecule has 0 aliphatic rings. The second-order valence-electron chi connectivity index (χ2n) is 9.00. The van der Waals surface area contributed by atoms with Crippen LogP contribution in [0.4, 0.5) is 0 Å². The SMILES string of the molecule is C[C@@H](CCl)COc1ccc(C(C)(C)c2ccc(OC[C@H](O)Cn3nnc(I)c3CO)cc2)cc1I. The van der Waals surface area contributed by atoms with Crippen LogP contribution in [0.15, 0.2) is 42.5 Å². The summed E-state index contributed by atoms with van der Waals surface area (Å²) < 4.78 is 14.9. The average Bonchev–Trinajstić information content (AvgIpc) is 3.20. The Morgan fingerprint density at radius 1 is 1.06 bits per heavy atom. The summed E-state index contributed by atoms with van der Waals surface area (Å²) in [4.78, 5) is 0. The summed E-state index contributed by atoms with van der Waals surface area (Å²) in [6, 6.07) is 14.2. The molecule has 10 heteroatoms. The third kappa shape index (κ3) is 7.43. The molecule has 0 saturated carbocycles. The van der Waals surface area contributed by atoms with Gasteiger partial charge in [0.25, 0.3) is 0 Å². The number of aliphatic hydroxyl groups excluding tert-OH is 2. The summed E-state index contributed by atoms with van der Waals surface area (Å²) in [5, 5.41) is 27.7. The van der Waals surface area contributed by atoms with Crippen LogP contribution in [0.3, 0.4) is 0 Å². The van der Waals surface area contributed by atoms with Crippen molar-refractivity contribution in [1.82, 2.24) is 15.0 Å². The summed E-state index contributed by atoms with van der Waals surface area (Å²) in [5.41, 5.74) is 2.70. The quantitative estimate of drug-likeness (QED) is 0.202. The first-order chi connectivity index (χ1) is 16.6. The van der Waals surface area contributed by atoms with E-state index >= 15 is 0 Å². The van der Waals surface area contributed by atoms with Crippen LogP contribution in [0.2, 0.25) is 0 Å². The van der Waals surface area contributed by atoms with Gasteiger partial charge in [0.05, 0.1) is 29.0 Å². The van der Waals surface area contributed by atoms with E-state index in [2.05, 4.69) is 65.8 Å². The van der Waals surface area contributed by atoms with E-state index in [-0.39, 0.29) is 25.2 Å². The molecule has 0 saturated heterocycles. The zero-order valence-corrected chi connectivity index (χ0v) is 25.0. The summed E-state index contributed by atoms with van der Waals surface area (Å²) in [6.07, 6.45) is -0.788. The molecule has 7 nitrogen and oxygen atoms in total. The van der Waals surface area contributed by atoms with E-state index in [0.29, 0.717) is 33.5 Å². The van der Waals surface area contributed by atoms with Crippen LogP contribution < -0.4 is 9.47 Å². The first-order valence-corrected chi connectivity index (χ1v) is 13.9. The Labute approximate surface area is 238 Å². The topological polar surface area (TPSA) is 89.6 Å². The predicted octanol–water partition coefficient (Wildman–Crippen LogP) is 5.00. The van der Waals surface area contributed by atoms with Crippen LogP contribution in [0.5, 0.6) is 11.5 Å². The molecule has 1 aromatic heterocycles. The first-order valence-electron chi connectivity index (χ1n) is 11.2. The monoisotopic (exact) mass is 725 g/mol. The van der Waals surface area contributed by atoms with Gasteiger partial charge in [0.1, 0.15) is 27.9 Å². The number of benzene rings is 2. The predicted molar refractivity (Wildman–Crippen MR) is 153 cm³/mol. The van der Waals surface area contributed by atoms with Gasteiger partial charge in [0.2, 0.25) is 0 Å². The molecule has 0 aliphatic carbocycles. The van der Waals surface area contributed by atoms with Gasteiger partial charge in [0.15, 0.2) is 0 Å². The highest BCUT2D eigenvalue weighted by Crippen LogP contribution is 2.35. The Hall–Kier alpha value is -1.15. The molecular weight excluding hydrogens is 696 g/mol. The fourth-order valence-electron chi connectivity index (χ4n) is 3.47. The summed E-state index contributed by atoms with van der Waals surface area (Å²) in [5.74, 6) is 2.42. The molecule has 2 N–H and O–H groups in total. The van der Waals surface area contributed by atoms with Crippen molar-refractivity contribution in [1.29, 1.82) is 0 Å². The Morgan fingerprint density at radius 3 is 2.37 bits per heavy atom. The van der Waals surface area contributed by atoms with Crippen molar-refractivity contribution in [3.05, 3.63) is 66.6 Å². The van der Waals surface area contributed by atoms with E-state index in [1.165, 1.54) is 10.2 Å². The van der Waals surface area contributed by atoms with E-state index in [1.807, 2.05) is 52.9 Å². The molecule has 2 atom stereocenters. The van der Waals surface area contributed by atoms with E-state index in [1.54, 1.807) is 0 Å². The van der Waals surface area contributed by atoms with Crippen LogP contribution in [0, 0.1) is 13.2 Å². The number of aromatic nitrogens is 3. The number of aliphatic hydroxyl groups is 2. The van der Waals surface area contributed by atoms with Gasteiger partial charge >= 0.3 is 0 Å². The molecule has 190 valence electrons. The Balaban J connectivity index is 1.61. The van der Waals surface area contributed by atoms with Crippen LogP contribution in [0.25, 0.3) is 0 Å². The first kappa shape index (κ1) is 28.4. The Bertz CT molecular complexity index is 1110. The second kappa shape index (κ2) is 12.9. The molecule has 0 amide bonds.